The van der Waals surface area contributed by atoms with Crippen LogP contribution in [-0.2, 0) is 5.41 Å². The molecule has 1 atom stereocenters. The van der Waals surface area contributed by atoms with Gasteiger partial charge in [0.25, 0.3) is 0 Å². The van der Waals surface area contributed by atoms with Gasteiger partial charge in [-0.3, -0.25) is 0 Å². The number of benzene rings is 1. The summed E-state index contributed by atoms with van der Waals surface area (Å²) >= 11 is 0. The molecule has 23 heavy (non-hydrogen) atoms. The van der Waals surface area contributed by atoms with E-state index in [1.165, 1.54) is 37.7 Å². The predicted octanol–water partition coefficient (Wildman–Crippen LogP) is 2.94. The Hall–Kier alpha value is -1.26. The number of rotatable bonds is 5. The number of nitrogens with two attached hydrogens (primary N) is 1. The number of hydrogen-bond donors (Lipinski definition) is 1. The molecule has 1 saturated carbocycles. The quantitative estimate of drug-likeness (QED) is 0.907. The maximum atomic E-state index is 6.28. The Kier molecular flexibility index (Phi) is 5.12. The van der Waals surface area contributed by atoms with E-state index in [1.54, 1.807) is 7.11 Å². The Morgan fingerprint density at radius 2 is 2.00 bits per heavy atom. The molecule has 1 heterocycles. The predicted molar refractivity (Wildman–Crippen MR) is 93.3 cm³/mol. The third kappa shape index (κ3) is 3.48. The van der Waals surface area contributed by atoms with E-state index in [0.717, 1.165) is 31.0 Å². The summed E-state index contributed by atoms with van der Waals surface area (Å²) in [5.41, 5.74) is 7.64. The molecule has 128 valence electrons. The van der Waals surface area contributed by atoms with Crippen LogP contribution in [0.5, 0.6) is 11.5 Å². The summed E-state index contributed by atoms with van der Waals surface area (Å²) in [6.07, 6.45) is 7.56. The van der Waals surface area contributed by atoms with Crippen molar-refractivity contribution in [3.05, 3.63) is 23.8 Å². The highest BCUT2D eigenvalue weighted by atomic mass is 16.5. The first-order valence-corrected chi connectivity index (χ1v) is 8.91. The lowest BCUT2D eigenvalue weighted by atomic mass is 9.69. The molecular weight excluding hydrogens is 288 g/mol. The summed E-state index contributed by atoms with van der Waals surface area (Å²) in [4.78, 5) is 2.31. The van der Waals surface area contributed by atoms with Crippen molar-refractivity contribution in [2.45, 2.75) is 50.0 Å². The molecule has 4 heteroatoms. The second-order valence-electron chi connectivity index (χ2n) is 7.20. The fourth-order valence-corrected chi connectivity index (χ4v) is 4.11. The number of ether oxygens (including phenoxy) is 2. The van der Waals surface area contributed by atoms with Gasteiger partial charge < -0.3 is 20.1 Å². The summed E-state index contributed by atoms with van der Waals surface area (Å²) in [5, 5.41) is 0. The molecule has 2 fully saturated rings. The van der Waals surface area contributed by atoms with Gasteiger partial charge in [0.2, 0.25) is 0 Å². The number of likely N-dealkylation sites (tertiary alicyclic amines) is 1. The van der Waals surface area contributed by atoms with Gasteiger partial charge in [0.05, 0.1) is 7.11 Å². The zero-order valence-electron chi connectivity index (χ0n) is 14.5. The van der Waals surface area contributed by atoms with Crippen molar-refractivity contribution in [1.29, 1.82) is 0 Å². The Balaban J connectivity index is 1.85. The largest absolute Gasteiger partial charge is 0.493 e. The topological polar surface area (TPSA) is 47.7 Å². The monoisotopic (exact) mass is 318 g/mol. The number of likely N-dealkylation sites (N-methyl/N-ethyl adjacent to an activating group) is 1. The second-order valence-corrected chi connectivity index (χ2v) is 7.20. The molecular formula is C19H30N2O2. The van der Waals surface area contributed by atoms with E-state index in [2.05, 4.69) is 30.1 Å². The third-order valence-corrected chi connectivity index (χ3v) is 5.62. The van der Waals surface area contributed by atoms with E-state index in [-0.39, 0.29) is 11.5 Å². The first kappa shape index (κ1) is 16.6. The minimum absolute atomic E-state index is 0.120. The number of methoxy groups -OCH3 is 1. The lowest BCUT2D eigenvalue weighted by molar-refractivity contribution is 0.198. The van der Waals surface area contributed by atoms with Crippen molar-refractivity contribution in [2.75, 3.05) is 33.8 Å². The van der Waals surface area contributed by atoms with E-state index in [0.29, 0.717) is 6.54 Å². The SMILES string of the molecule is COc1ccc(C2(CN)CCCCC2)cc1OC1CCN(C)C1. The van der Waals surface area contributed by atoms with Crippen molar-refractivity contribution in [2.24, 2.45) is 5.73 Å². The fraction of sp³-hybridized carbons (Fsp3) is 0.684. The normalized spacial score (nSPS) is 24.6. The Bertz CT molecular complexity index is 526. The van der Waals surface area contributed by atoms with Crippen molar-refractivity contribution in [3.63, 3.8) is 0 Å². The van der Waals surface area contributed by atoms with E-state index in [1.807, 2.05) is 0 Å². The van der Waals surface area contributed by atoms with Crippen molar-refractivity contribution >= 4 is 0 Å². The summed E-state index contributed by atoms with van der Waals surface area (Å²) in [6.45, 7) is 2.79. The fourth-order valence-electron chi connectivity index (χ4n) is 4.11. The molecule has 1 aliphatic carbocycles. The van der Waals surface area contributed by atoms with Gasteiger partial charge >= 0.3 is 0 Å². The highest BCUT2D eigenvalue weighted by molar-refractivity contribution is 5.46. The van der Waals surface area contributed by atoms with Crippen LogP contribution in [0.15, 0.2) is 18.2 Å². The molecule has 2 aliphatic rings. The van der Waals surface area contributed by atoms with Crippen molar-refractivity contribution in [1.82, 2.24) is 4.90 Å². The molecule has 1 unspecified atom stereocenters. The Morgan fingerprint density at radius 1 is 1.22 bits per heavy atom. The standard InChI is InChI=1S/C19H30N2O2/c1-21-11-8-16(13-21)23-18-12-15(6-7-17(18)22-2)19(14-20)9-4-3-5-10-19/h6-7,12,16H,3-5,8-11,13-14,20H2,1-2H3. The number of nitrogens with zero attached hydrogens (tertiary/aromatic N) is 1. The zero-order valence-corrected chi connectivity index (χ0v) is 14.5. The summed E-state index contributed by atoms with van der Waals surface area (Å²) in [6, 6.07) is 6.43. The number of hydrogen-bond acceptors (Lipinski definition) is 4. The molecule has 2 N–H and O–H groups in total. The summed E-state index contributed by atoms with van der Waals surface area (Å²) in [7, 11) is 3.85. The van der Waals surface area contributed by atoms with Crippen LogP contribution in [0.1, 0.15) is 44.1 Å². The van der Waals surface area contributed by atoms with Gasteiger partial charge in [-0.15, -0.1) is 0 Å². The summed E-state index contributed by atoms with van der Waals surface area (Å²) in [5.74, 6) is 1.70. The summed E-state index contributed by atoms with van der Waals surface area (Å²) < 4.78 is 11.8. The van der Waals surface area contributed by atoms with E-state index < -0.39 is 0 Å². The highest BCUT2D eigenvalue weighted by Crippen LogP contribution is 2.42. The van der Waals surface area contributed by atoms with Gasteiger partial charge in [0.15, 0.2) is 11.5 Å². The van der Waals surface area contributed by atoms with Crippen LogP contribution in [0.4, 0.5) is 0 Å². The van der Waals surface area contributed by atoms with Crippen LogP contribution in [0.3, 0.4) is 0 Å². The van der Waals surface area contributed by atoms with Gasteiger partial charge in [0.1, 0.15) is 6.10 Å². The molecule has 4 nitrogen and oxygen atoms in total. The van der Waals surface area contributed by atoms with Gasteiger partial charge in [-0.25, -0.2) is 0 Å². The first-order valence-electron chi connectivity index (χ1n) is 8.91. The molecule has 0 radical (unpaired) electrons. The molecule has 0 amide bonds. The van der Waals surface area contributed by atoms with Gasteiger partial charge in [-0.05, 0) is 44.0 Å². The molecule has 0 bridgehead atoms. The van der Waals surface area contributed by atoms with E-state index >= 15 is 0 Å². The van der Waals surface area contributed by atoms with Crippen LogP contribution >= 0.6 is 0 Å². The minimum atomic E-state index is 0.120. The molecule has 3 rings (SSSR count). The molecule has 0 aromatic heterocycles. The maximum absolute atomic E-state index is 6.28. The zero-order chi connectivity index (χ0) is 16.3. The molecule has 1 aromatic carbocycles. The first-order chi connectivity index (χ1) is 11.2. The lowest BCUT2D eigenvalue weighted by Crippen LogP contribution is -2.37. The van der Waals surface area contributed by atoms with Crippen LogP contribution in [-0.4, -0.2) is 44.8 Å². The van der Waals surface area contributed by atoms with Crippen LogP contribution < -0.4 is 15.2 Å². The van der Waals surface area contributed by atoms with Gasteiger partial charge in [-0.1, -0.05) is 25.3 Å². The molecule has 1 aromatic rings. The van der Waals surface area contributed by atoms with Crippen molar-refractivity contribution < 1.29 is 9.47 Å². The average Bonchev–Trinajstić information content (AvgIpc) is 3.00. The smallest absolute Gasteiger partial charge is 0.161 e. The van der Waals surface area contributed by atoms with Crippen LogP contribution in [0, 0.1) is 0 Å². The third-order valence-electron chi connectivity index (χ3n) is 5.62. The van der Waals surface area contributed by atoms with Crippen LogP contribution in [0.2, 0.25) is 0 Å². The van der Waals surface area contributed by atoms with E-state index in [9.17, 15) is 0 Å². The van der Waals surface area contributed by atoms with Crippen molar-refractivity contribution in [3.8, 4) is 11.5 Å². The minimum Gasteiger partial charge on any atom is -0.493 e. The maximum Gasteiger partial charge on any atom is 0.161 e. The second kappa shape index (κ2) is 7.10. The van der Waals surface area contributed by atoms with Gasteiger partial charge in [-0.2, -0.15) is 0 Å². The molecule has 1 aliphatic heterocycles. The van der Waals surface area contributed by atoms with E-state index in [4.69, 9.17) is 15.2 Å². The Labute approximate surface area is 139 Å². The van der Waals surface area contributed by atoms with Gasteiger partial charge in [0, 0.05) is 25.0 Å². The van der Waals surface area contributed by atoms with Crippen LogP contribution in [0.25, 0.3) is 0 Å². The highest BCUT2D eigenvalue weighted by Gasteiger charge is 2.33. The average molecular weight is 318 g/mol. The lowest BCUT2D eigenvalue weighted by Gasteiger charge is -2.37. The molecule has 0 spiro atoms. The molecule has 1 saturated heterocycles. The Morgan fingerprint density at radius 3 is 2.61 bits per heavy atom.